The van der Waals surface area contributed by atoms with Gasteiger partial charge in [-0.25, -0.2) is 0 Å². The average Bonchev–Trinajstić information content (AvgIpc) is 2.98. The van der Waals surface area contributed by atoms with E-state index in [1.807, 2.05) is 27.7 Å². The van der Waals surface area contributed by atoms with Crippen LogP contribution in [0.1, 0.15) is 208 Å². The Balaban J connectivity index is 3.78. The third-order valence-corrected chi connectivity index (χ3v) is 9.25. The molecular weight excluding hydrogens is 548 g/mol. The largest absolute Gasteiger partial charge is 0.465 e. The number of aliphatic hydroxyl groups is 1. The fourth-order valence-electron chi connectivity index (χ4n) is 5.79. The Morgan fingerprint density at radius 2 is 0.773 bits per heavy atom. The van der Waals surface area contributed by atoms with Crippen LogP contribution in [0.5, 0.6) is 0 Å². The molecular formula is C39H76O5. The second kappa shape index (κ2) is 28.1. The molecule has 0 rings (SSSR count). The van der Waals surface area contributed by atoms with Gasteiger partial charge < -0.3 is 14.6 Å². The lowest BCUT2D eigenvalue weighted by molar-refractivity contribution is -0.155. The molecule has 0 radical (unpaired) electrons. The first kappa shape index (κ1) is 42.9. The summed E-state index contributed by atoms with van der Waals surface area (Å²) < 4.78 is 11.2. The maximum atomic E-state index is 12.5. The lowest BCUT2D eigenvalue weighted by atomic mass is 9.86. The van der Waals surface area contributed by atoms with Crippen LogP contribution in [0.3, 0.4) is 0 Å². The van der Waals surface area contributed by atoms with E-state index in [0.717, 1.165) is 89.9 Å². The van der Waals surface area contributed by atoms with Gasteiger partial charge in [0.25, 0.3) is 0 Å². The van der Waals surface area contributed by atoms with Crippen molar-refractivity contribution in [2.75, 3.05) is 13.2 Å². The van der Waals surface area contributed by atoms with Crippen LogP contribution in [-0.2, 0) is 19.1 Å². The zero-order chi connectivity index (χ0) is 32.9. The van der Waals surface area contributed by atoms with Gasteiger partial charge in [-0.15, -0.1) is 0 Å². The van der Waals surface area contributed by atoms with Crippen LogP contribution >= 0.6 is 0 Å². The van der Waals surface area contributed by atoms with Crippen molar-refractivity contribution in [3.63, 3.8) is 0 Å². The van der Waals surface area contributed by atoms with Gasteiger partial charge >= 0.3 is 11.9 Å². The number of esters is 2. The molecule has 1 N–H and O–H groups in total. The summed E-state index contributed by atoms with van der Waals surface area (Å²) in [6.45, 7) is 13.6. The highest BCUT2D eigenvalue weighted by atomic mass is 16.5. The van der Waals surface area contributed by atoms with Crippen molar-refractivity contribution < 1.29 is 24.2 Å². The summed E-state index contributed by atoms with van der Waals surface area (Å²) in [4.78, 5) is 25.1. The van der Waals surface area contributed by atoms with E-state index in [2.05, 4.69) is 13.8 Å². The van der Waals surface area contributed by atoms with Gasteiger partial charge in [0.1, 0.15) is 0 Å². The standard InChI is InChI=1S/C39H76O5/c1-7-9-11-13-15-17-19-27-33-43-36(41)38(3,4)31-25-21-23-29-35(40)30-24-22-26-32-39(5,6)37(42)44-34-28-20-18-16-14-12-10-8-2/h35,40H,7-34H2,1-6H3. The van der Waals surface area contributed by atoms with Gasteiger partial charge in [-0.3, -0.25) is 9.59 Å². The zero-order valence-electron chi connectivity index (χ0n) is 30.5. The first-order chi connectivity index (χ1) is 21.1. The summed E-state index contributed by atoms with van der Waals surface area (Å²) in [7, 11) is 0. The minimum absolute atomic E-state index is 0.0691. The van der Waals surface area contributed by atoms with Crippen molar-refractivity contribution >= 4 is 11.9 Å². The quantitative estimate of drug-likeness (QED) is 0.0595. The fraction of sp³-hybridized carbons (Fsp3) is 0.949. The summed E-state index contributed by atoms with van der Waals surface area (Å²) in [5, 5.41) is 10.4. The molecule has 0 aromatic carbocycles. The minimum Gasteiger partial charge on any atom is -0.465 e. The Morgan fingerprint density at radius 1 is 0.477 bits per heavy atom. The fourth-order valence-corrected chi connectivity index (χ4v) is 5.79. The lowest BCUT2D eigenvalue weighted by Gasteiger charge is -2.23. The molecule has 0 spiro atoms. The first-order valence-corrected chi connectivity index (χ1v) is 19.1. The normalized spacial score (nSPS) is 12.2. The maximum Gasteiger partial charge on any atom is 0.311 e. The van der Waals surface area contributed by atoms with Gasteiger partial charge in [0.05, 0.1) is 30.1 Å². The van der Waals surface area contributed by atoms with E-state index in [1.165, 1.54) is 77.0 Å². The zero-order valence-corrected chi connectivity index (χ0v) is 30.5. The van der Waals surface area contributed by atoms with Crippen LogP contribution < -0.4 is 0 Å². The van der Waals surface area contributed by atoms with Gasteiger partial charge in [-0.2, -0.15) is 0 Å². The van der Waals surface area contributed by atoms with Crippen molar-refractivity contribution in [2.24, 2.45) is 10.8 Å². The van der Waals surface area contributed by atoms with E-state index in [1.54, 1.807) is 0 Å². The molecule has 0 aliphatic carbocycles. The van der Waals surface area contributed by atoms with Crippen LogP contribution in [0.15, 0.2) is 0 Å². The van der Waals surface area contributed by atoms with Gasteiger partial charge in [0, 0.05) is 0 Å². The van der Waals surface area contributed by atoms with Gasteiger partial charge in [-0.1, -0.05) is 142 Å². The number of hydrogen-bond acceptors (Lipinski definition) is 5. The second-order valence-corrected chi connectivity index (χ2v) is 14.8. The molecule has 0 unspecified atom stereocenters. The molecule has 44 heavy (non-hydrogen) atoms. The predicted molar refractivity (Wildman–Crippen MR) is 187 cm³/mol. The molecule has 0 atom stereocenters. The molecule has 0 aromatic rings. The molecule has 0 aliphatic heterocycles. The number of aliphatic hydroxyl groups excluding tert-OH is 1. The predicted octanol–water partition coefficient (Wildman–Crippen LogP) is 11.7. The van der Waals surface area contributed by atoms with Crippen LogP contribution in [0.25, 0.3) is 0 Å². The Bertz CT molecular complexity index is 615. The van der Waals surface area contributed by atoms with Crippen LogP contribution in [0, 0.1) is 10.8 Å². The summed E-state index contributed by atoms with van der Waals surface area (Å²) in [5.74, 6) is -0.138. The van der Waals surface area contributed by atoms with Gasteiger partial charge in [0.15, 0.2) is 0 Å². The van der Waals surface area contributed by atoms with Crippen LogP contribution in [0.2, 0.25) is 0 Å². The summed E-state index contributed by atoms with van der Waals surface area (Å²) in [5.41, 5.74) is -0.876. The monoisotopic (exact) mass is 625 g/mol. The average molecular weight is 625 g/mol. The first-order valence-electron chi connectivity index (χ1n) is 19.1. The minimum atomic E-state index is -0.438. The number of unbranched alkanes of at least 4 members (excludes halogenated alkanes) is 18. The van der Waals surface area contributed by atoms with Gasteiger partial charge in [0.2, 0.25) is 0 Å². The van der Waals surface area contributed by atoms with Crippen molar-refractivity contribution in [3.05, 3.63) is 0 Å². The lowest BCUT2D eigenvalue weighted by Crippen LogP contribution is -2.27. The summed E-state index contributed by atoms with van der Waals surface area (Å²) >= 11 is 0. The van der Waals surface area contributed by atoms with Crippen molar-refractivity contribution in [1.82, 2.24) is 0 Å². The molecule has 0 saturated heterocycles. The Kier molecular flexibility index (Phi) is 27.4. The number of carbonyl (C=O) groups is 2. The van der Waals surface area contributed by atoms with E-state index in [-0.39, 0.29) is 18.0 Å². The smallest absolute Gasteiger partial charge is 0.311 e. The Morgan fingerprint density at radius 3 is 1.11 bits per heavy atom. The molecule has 5 nitrogen and oxygen atoms in total. The molecule has 262 valence electrons. The highest BCUT2D eigenvalue weighted by Gasteiger charge is 2.29. The van der Waals surface area contributed by atoms with Crippen molar-refractivity contribution in [3.8, 4) is 0 Å². The maximum absolute atomic E-state index is 12.5. The highest BCUT2D eigenvalue weighted by Crippen LogP contribution is 2.28. The van der Waals surface area contributed by atoms with E-state index >= 15 is 0 Å². The third kappa shape index (κ3) is 25.1. The Hall–Kier alpha value is -1.10. The van der Waals surface area contributed by atoms with Crippen molar-refractivity contribution in [1.29, 1.82) is 0 Å². The topological polar surface area (TPSA) is 72.8 Å². The number of rotatable bonds is 32. The summed E-state index contributed by atoms with van der Waals surface area (Å²) in [6.07, 6.45) is 28.9. The van der Waals surface area contributed by atoms with Crippen LogP contribution in [-0.4, -0.2) is 36.4 Å². The molecule has 0 fully saturated rings. The molecule has 0 saturated carbocycles. The number of hydrogen-bond donors (Lipinski definition) is 1. The SMILES string of the molecule is CCCCCCCCCCOC(=O)C(C)(C)CCCCCC(O)CCCCCC(C)(C)C(=O)OCCCCCCCCCC. The highest BCUT2D eigenvalue weighted by molar-refractivity contribution is 5.76. The van der Waals surface area contributed by atoms with E-state index in [9.17, 15) is 14.7 Å². The molecule has 0 bridgehead atoms. The Labute approximate surface area is 274 Å². The van der Waals surface area contributed by atoms with E-state index in [4.69, 9.17) is 9.47 Å². The number of carbonyl (C=O) groups excluding carboxylic acids is 2. The van der Waals surface area contributed by atoms with E-state index in [0.29, 0.717) is 13.2 Å². The van der Waals surface area contributed by atoms with Crippen LogP contribution in [0.4, 0.5) is 0 Å². The molecule has 0 aliphatic rings. The summed E-state index contributed by atoms with van der Waals surface area (Å²) in [6, 6.07) is 0. The van der Waals surface area contributed by atoms with Gasteiger partial charge in [-0.05, 0) is 66.2 Å². The molecule has 0 aromatic heterocycles. The van der Waals surface area contributed by atoms with E-state index < -0.39 is 10.8 Å². The number of ether oxygens (including phenoxy) is 2. The van der Waals surface area contributed by atoms with Crippen molar-refractivity contribution in [2.45, 2.75) is 215 Å². The molecule has 5 heteroatoms. The third-order valence-electron chi connectivity index (χ3n) is 9.25. The molecule has 0 heterocycles. The second-order valence-electron chi connectivity index (χ2n) is 14.8. The molecule has 0 amide bonds.